The summed E-state index contributed by atoms with van der Waals surface area (Å²) < 4.78 is 4.79. The van der Waals surface area contributed by atoms with Gasteiger partial charge in [-0.3, -0.25) is 4.90 Å². The number of carbonyl (C=O) groups is 2. The molecule has 1 N–H and O–H groups in total. The predicted molar refractivity (Wildman–Crippen MR) is 54.7 cm³/mol. The van der Waals surface area contributed by atoms with E-state index in [9.17, 15) is 9.59 Å². The van der Waals surface area contributed by atoms with Crippen LogP contribution in [0.15, 0.2) is 0 Å². The number of rotatable bonds is 2. The van der Waals surface area contributed by atoms with Gasteiger partial charge in [0.2, 0.25) is 0 Å². The van der Waals surface area contributed by atoms with Gasteiger partial charge >= 0.3 is 12.1 Å². The van der Waals surface area contributed by atoms with E-state index in [0.29, 0.717) is 0 Å². The third-order valence-electron chi connectivity index (χ3n) is 2.66. The van der Waals surface area contributed by atoms with Gasteiger partial charge in [-0.2, -0.15) is 0 Å². The molecule has 0 saturated carbocycles. The number of hydrogen-bond acceptors (Lipinski definition) is 4. The number of ether oxygens (including phenoxy) is 1. The maximum absolute atomic E-state index is 11.4. The van der Waals surface area contributed by atoms with Crippen LogP contribution in [-0.2, 0) is 9.53 Å². The van der Waals surface area contributed by atoms with Crippen molar-refractivity contribution in [3.8, 4) is 0 Å². The lowest BCUT2D eigenvalue weighted by atomic mass is 10.2. The number of thioether (sulfide) groups is 1. The van der Waals surface area contributed by atoms with Gasteiger partial charge in [0, 0.05) is 0 Å². The van der Waals surface area contributed by atoms with Crippen molar-refractivity contribution < 1.29 is 19.4 Å². The van der Waals surface area contributed by atoms with Crippen LogP contribution in [0.3, 0.4) is 0 Å². The van der Waals surface area contributed by atoms with E-state index < -0.39 is 18.1 Å². The Morgan fingerprint density at radius 1 is 1.53 bits per heavy atom. The van der Waals surface area contributed by atoms with Crippen molar-refractivity contribution >= 4 is 23.8 Å². The molecule has 1 amide bonds. The minimum Gasteiger partial charge on any atom is -0.480 e. The first-order chi connectivity index (χ1) is 7.20. The van der Waals surface area contributed by atoms with Gasteiger partial charge < -0.3 is 9.84 Å². The molecule has 2 saturated heterocycles. The number of carboxylic acid groups (broad SMARTS) is 1. The van der Waals surface area contributed by atoms with Crippen molar-refractivity contribution in [3.63, 3.8) is 0 Å². The van der Waals surface area contributed by atoms with Gasteiger partial charge in [-0.1, -0.05) is 0 Å². The first-order valence-electron chi connectivity index (χ1n) is 4.99. The van der Waals surface area contributed by atoms with Crippen LogP contribution in [0, 0.1) is 0 Å². The molecule has 84 valence electrons. The molecule has 2 aliphatic heterocycles. The summed E-state index contributed by atoms with van der Waals surface area (Å²) in [6, 6.07) is -0.798. The van der Waals surface area contributed by atoms with Crippen LogP contribution >= 0.6 is 11.8 Å². The number of carboxylic acids is 1. The van der Waals surface area contributed by atoms with E-state index in [0.717, 1.165) is 25.0 Å². The monoisotopic (exact) mass is 231 g/mol. The molecule has 2 unspecified atom stereocenters. The number of cyclic esters (lactones) is 1. The maximum atomic E-state index is 11.4. The molecule has 2 aliphatic rings. The quantitative estimate of drug-likeness (QED) is 0.771. The smallest absolute Gasteiger partial charge is 0.411 e. The summed E-state index contributed by atoms with van der Waals surface area (Å²) in [5, 5.41) is 8.93. The van der Waals surface area contributed by atoms with Crippen molar-refractivity contribution in [2.75, 3.05) is 12.4 Å². The Morgan fingerprint density at radius 2 is 2.33 bits per heavy atom. The Kier molecular flexibility index (Phi) is 3.04. The molecule has 0 radical (unpaired) electrons. The van der Waals surface area contributed by atoms with Gasteiger partial charge in [-0.25, -0.2) is 9.59 Å². The molecule has 0 aromatic heterocycles. The molecular formula is C9H13NO4S. The molecular weight excluding hydrogens is 218 g/mol. The molecule has 2 heterocycles. The summed E-state index contributed by atoms with van der Waals surface area (Å²) in [6.07, 6.45) is 2.57. The van der Waals surface area contributed by atoms with Crippen molar-refractivity contribution in [1.29, 1.82) is 0 Å². The summed E-state index contributed by atoms with van der Waals surface area (Å²) in [7, 11) is 0. The Morgan fingerprint density at radius 3 is 2.93 bits per heavy atom. The third-order valence-corrected chi connectivity index (χ3v) is 4.03. The topological polar surface area (TPSA) is 66.8 Å². The normalized spacial score (nSPS) is 31.5. The van der Waals surface area contributed by atoms with E-state index in [1.165, 1.54) is 4.90 Å². The van der Waals surface area contributed by atoms with Crippen LogP contribution in [-0.4, -0.2) is 45.8 Å². The van der Waals surface area contributed by atoms with Crippen molar-refractivity contribution in [3.05, 3.63) is 0 Å². The largest absolute Gasteiger partial charge is 0.480 e. The molecule has 2 atom stereocenters. The van der Waals surface area contributed by atoms with Crippen molar-refractivity contribution in [2.45, 2.75) is 30.7 Å². The second-order valence-corrected chi connectivity index (χ2v) is 4.95. The molecule has 15 heavy (non-hydrogen) atoms. The SMILES string of the molecule is O=C(O)C1COC(=O)N1C1CCCCS1. The Hall–Kier alpha value is -0.910. The lowest BCUT2D eigenvalue weighted by Crippen LogP contribution is -2.45. The first kappa shape index (κ1) is 10.6. The average molecular weight is 231 g/mol. The molecule has 0 bridgehead atoms. The van der Waals surface area contributed by atoms with Gasteiger partial charge in [0.05, 0.1) is 5.37 Å². The highest BCUT2D eigenvalue weighted by Gasteiger charge is 2.42. The van der Waals surface area contributed by atoms with Crippen molar-refractivity contribution in [1.82, 2.24) is 4.90 Å². The summed E-state index contributed by atoms with van der Waals surface area (Å²) in [5.74, 6) is 0.00728. The Balaban J connectivity index is 2.09. The Bertz CT molecular complexity index is 277. The highest BCUT2D eigenvalue weighted by atomic mass is 32.2. The third kappa shape index (κ3) is 2.04. The highest BCUT2D eigenvalue weighted by Crippen LogP contribution is 2.31. The molecule has 0 aromatic rings. The van der Waals surface area contributed by atoms with Gasteiger partial charge in [-0.05, 0) is 25.0 Å². The summed E-state index contributed by atoms with van der Waals surface area (Å²) in [5.41, 5.74) is 0. The molecule has 0 spiro atoms. The first-order valence-corrected chi connectivity index (χ1v) is 6.04. The molecule has 2 rings (SSSR count). The second-order valence-electron chi connectivity index (χ2n) is 3.66. The minimum atomic E-state index is -0.980. The summed E-state index contributed by atoms with van der Waals surface area (Å²) in [4.78, 5) is 23.7. The number of amides is 1. The van der Waals surface area contributed by atoms with Crippen LogP contribution in [0.4, 0.5) is 4.79 Å². The van der Waals surface area contributed by atoms with E-state index in [2.05, 4.69) is 0 Å². The van der Waals surface area contributed by atoms with Gasteiger partial charge in [0.1, 0.15) is 6.61 Å². The van der Waals surface area contributed by atoms with Gasteiger partial charge in [-0.15, -0.1) is 11.8 Å². The molecule has 0 aliphatic carbocycles. The van der Waals surface area contributed by atoms with Gasteiger partial charge in [0.25, 0.3) is 0 Å². The van der Waals surface area contributed by atoms with E-state index in [-0.39, 0.29) is 12.0 Å². The fourth-order valence-corrected chi connectivity index (χ4v) is 3.25. The molecule has 0 aromatic carbocycles. The van der Waals surface area contributed by atoms with Crippen LogP contribution in [0.5, 0.6) is 0 Å². The number of carbonyl (C=O) groups excluding carboxylic acids is 1. The number of nitrogens with zero attached hydrogens (tertiary/aromatic N) is 1. The average Bonchev–Trinajstić information content (AvgIpc) is 2.61. The summed E-state index contributed by atoms with van der Waals surface area (Å²) in [6.45, 7) is -0.0226. The highest BCUT2D eigenvalue weighted by molar-refractivity contribution is 7.99. The molecule has 6 heteroatoms. The van der Waals surface area contributed by atoms with E-state index in [1.807, 2.05) is 0 Å². The molecule has 5 nitrogen and oxygen atoms in total. The lowest BCUT2D eigenvalue weighted by Gasteiger charge is -2.30. The number of aliphatic carboxylic acids is 1. The van der Waals surface area contributed by atoms with Crippen LogP contribution in [0.1, 0.15) is 19.3 Å². The maximum Gasteiger partial charge on any atom is 0.411 e. The van der Waals surface area contributed by atoms with E-state index in [1.54, 1.807) is 11.8 Å². The van der Waals surface area contributed by atoms with Crippen molar-refractivity contribution in [2.24, 2.45) is 0 Å². The van der Waals surface area contributed by atoms with Crippen LogP contribution in [0.2, 0.25) is 0 Å². The van der Waals surface area contributed by atoms with Crippen LogP contribution in [0.25, 0.3) is 0 Å². The lowest BCUT2D eigenvalue weighted by molar-refractivity contribution is -0.141. The zero-order valence-electron chi connectivity index (χ0n) is 8.22. The summed E-state index contributed by atoms with van der Waals surface area (Å²) >= 11 is 1.65. The fourth-order valence-electron chi connectivity index (χ4n) is 1.88. The van der Waals surface area contributed by atoms with Crippen LogP contribution < -0.4 is 0 Å². The predicted octanol–water partition coefficient (Wildman–Crippen LogP) is 1.13. The standard InChI is InChI=1S/C9H13NO4S/c11-8(12)6-5-14-9(13)10(6)7-3-1-2-4-15-7/h6-7H,1-5H2,(H,11,12). The van der Waals surface area contributed by atoms with E-state index in [4.69, 9.17) is 9.84 Å². The minimum absolute atomic E-state index is 0.0187. The number of hydrogen-bond donors (Lipinski definition) is 1. The Labute approximate surface area is 91.8 Å². The zero-order chi connectivity index (χ0) is 10.8. The second kappa shape index (κ2) is 4.30. The fraction of sp³-hybridized carbons (Fsp3) is 0.778. The van der Waals surface area contributed by atoms with E-state index >= 15 is 0 Å². The zero-order valence-corrected chi connectivity index (χ0v) is 9.03. The van der Waals surface area contributed by atoms with Gasteiger partial charge in [0.15, 0.2) is 6.04 Å². The molecule has 2 fully saturated rings.